The van der Waals surface area contributed by atoms with E-state index in [1.165, 1.54) is 4.90 Å². The van der Waals surface area contributed by atoms with Crippen molar-refractivity contribution >= 4 is 22.0 Å². The molecule has 0 unspecified atom stereocenters. The van der Waals surface area contributed by atoms with E-state index in [1.807, 2.05) is 11.6 Å². The quantitative estimate of drug-likeness (QED) is 0.755. The zero-order chi connectivity index (χ0) is 15.5. The normalized spacial score (nSPS) is 26.9. The molecule has 20 heavy (non-hydrogen) atoms. The van der Waals surface area contributed by atoms with Crippen LogP contribution in [0.3, 0.4) is 0 Å². The van der Waals surface area contributed by atoms with Gasteiger partial charge < -0.3 is 4.90 Å². The molecule has 0 aromatic rings. The Bertz CT molecular complexity index is 475. The summed E-state index contributed by atoms with van der Waals surface area (Å²) in [5.74, 6) is -0.668. The van der Waals surface area contributed by atoms with Crippen LogP contribution in [0.2, 0.25) is 0 Å². The molecule has 3 atom stereocenters. The highest BCUT2D eigenvalue weighted by molar-refractivity contribution is 7.88. The first kappa shape index (κ1) is 16.9. The second kappa shape index (κ2) is 6.53. The number of amides is 2. The number of hydrogen-bond acceptors (Lipinski definition) is 4. The molecule has 0 saturated heterocycles. The summed E-state index contributed by atoms with van der Waals surface area (Å²) in [6.45, 7) is 3.08. The number of rotatable bonds is 4. The predicted molar refractivity (Wildman–Crippen MR) is 74.9 cm³/mol. The van der Waals surface area contributed by atoms with Gasteiger partial charge in [-0.3, -0.25) is 9.59 Å². The van der Waals surface area contributed by atoms with Crippen molar-refractivity contribution in [3.05, 3.63) is 0 Å². The van der Waals surface area contributed by atoms with Gasteiger partial charge in [-0.15, -0.1) is 0 Å². The molecule has 1 rings (SSSR count). The van der Waals surface area contributed by atoms with Gasteiger partial charge in [0, 0.05) is 33.0 Å². The molecule has 116 valence electrons. The maximum atomic E-state index is 12.0. The average Bonchev–Trinajstić information content (AvgIpc) is 2.28. The summed E-state index contributed by atoms with van der Waals surface area (Å²) in [5, 5.41) is 0. The number of carbonyl (C=O) groups is 2. The van der Waals surface area contributed by atoms with Crippen molar-refractivity contribution < 1.29 is 18.0 Å². The number of carbonyl (C=O) groups excluding carboxylic acids is 2. The Morgan fingerprint density at radius 2 is 1.80 bits per heavy atom. The number of nitrogens with zero attached hydrogens (tertiary/aromatic N) is 1. The van der Waals surface area contributed by atoms with Crippen molar-refractivity contribution in [1.29, 1.82) is 0 Å². The molecular weight excluding hydrogens is 282 g/mol. The Balaban J connectivity index is 2.73. The fourth-order valence-corrected chi connectivity index (χ4v) is 3.66. The fourth-order valence-electron chi connectivity index (χ4n) is 2.49. The Kier molecular flexibility index (Phi) is 5.52. The molecule has 0 spiro atoms. The molecule has 1 aliphatic carbocycles. The lowest BCUT2D eigenvalue weighted by Gasteiger charge is -2.34. The minimum Gasteiger partial charge on any atom is -0.349 e. The Morgan fingerprint density at radius 1 is 1.20 bits per heavy atom. The monoisotopic (exact) mass is 305 g/mol. The third-order valence-corrected chi connectivity index (χ3v) is 4.74. The van der Waals surface area contributed by atoms with Crippen LogP contribution in [0.5, 0.6) is 0 Å². The van der Waals surface area contributed by atoms with Gasteiger partial charge in [0.2, 0.25) is 11.8 Å². The van der Waals surface area contributed by atoms with Crippen LogP contribution < -0.4 is 9.44 Å². The van der Waals surface area contributed by atoms with Crippen LogP contribution in [0.4, 0.5) is 0 Å². The van der Waals surface area contributed by atoms with Gasteiger partial charge >= 0.3 is 10.2 Å². The number of nitrogens with one attached hydrogen (secondary N) is 2. The molecule has 8 heteroatoms. The molecule has 0 aromatic heterocycles. The van der Waals surface area contributed by atoms with Crippen molar-refractivity contribution in [2.75, 3.05) is 14.1 Å². The molecule has 2 N–H and O–H groups in total. The zero-order valence-electron chi connectivity index (χ0n) is 12.3. The minimum absolute atomic E-state index is 0.0145. The van der Waals surface area contributed by atoms with Crippen molar-refractivity contribution in [3.63, 3.8) is 0 Å². The van der Waals surface area contributed by atoms with E-state index >= 15 is 0 Å². The molecule has 2 amide bonds. The summed E-state index contributed by atoms with van der Waals surface area (Å²) in [5.41, 5.74) is 0. The van der Waals surface area contributed by atoms with Crippen LogP contribution in [-0.2, 0) is 19.8 Å². The van der Waals surface area contributed by atoms with Gasteiger partial charge in [0.05, 0.1) is 0 Å². The average molecular weight is 305 g/mol. The third kappa shape index (κ3) is 4.75. The summed E-state index contributed by atoms with van der Waals surface area (Å²) in [4.78, 5) is 24.4. The highest BCUT2D eigenvalue weighted by Gasteiger charge is 2.34. The van der Waals surface area contributed by atoms with E-state index in [0.717, 1.165) is 19.8 Å². The lowest BCUT2D eigenvalue weighted by Crippen LogP contribution is -2.50. The molecule has 1 aliphatic rings. The largest absolute Gasteiger partial charge is 0.349 e. The molecule has 1 fully saturated rings. The van der Waals surface area contributed by atoms with Crippen LogP contribution >= 0.6 is 0 Å². The van der Waals surface area contributed by atoms with E-state index in [9.17, 15) is 18.0 Å². The first-order valence-corrected chi connectivity index (χ1v) is 8.12. The maximum absolute atomic E-state index is 12.0. The lowest BCUT2D eigenvalue weighted by molar-refractivity contribution is -0.134. The van der Waals surface area contributed by atoms with E-state index in [0.29, 0.717) is 6.42 Å². The topological polar surface area (TPSA) is 95.6 Å². The molecule has 0 aromatic carbocycles. The summed E-state index contributed by atoms with van der Waals surface area (Å²) in [7, 11) is -0.475. The highest BCUT2D eigenvalue weighted by Crippen LogP contribution is 2.30. The van der Waals surface area contributed by atoms with E-state index in [2.05, 4.69) is 4.72 Å². The van der Waals surface area contributed by atoms with Gasteiger partial charge in [0.15, 0.2) is 0 Å². The first-order chi connectivity index (χ1) is 9.12. The van der Waals surface area contributed by atoms with Gasteiger partial charge in [0.25, 0.3) is 0 Å². The molecule has 0 heterocycles. The van der Waals surface area contributed by atoms with Gasteiger partial charge in [-0.1, -0.05) is 6.92 Å². The minimum atomic E-state index is -3.86. The second-order valence-electron chi connectivity index (χ2n) is 5.61. The first-order valence-electron chi connectivity index (χ1n) is 6.64. The molecule has 0 aliphatic heterocycles. The van der Waals surface area contributed by atoms with Gasteiger partial charge in [0.1, 0.15) is 0 Å². The van der Waals surface area contributed by atoms with Crippen LogP contribution in [-0.4, -0.2) is 45.3 Å². The van der Waals surface area contributed by atoms with Crippen molar-refractivity contribution in [3.8, 4) is 0 Å². The lowest BCUT2D eigenvalue weighted by atomic mass is 9.79. The summed E-state index contributed by atoms with van der Waals surface area (Å²) < 4.78 is 27.8. The summed E-state index contributed by atoms with van der Waals surface area (Å²) in [6.07, 6.45) is 1.99. The number of hydrogen-bond donors (Lipinski definition) is 2. The Labute approximate surface area is 120 Å². The smallest absolute Gasteiger partial charge is 0.301 e. The standard InChI is InChI=1S/C12H23N3O4S/c1-8-5-6-10(12(17)15(3)4)7-11(8)14-20(18,19)13-9(2)16/h8,10-11,14H,5-7H2,1-4H3,(H,13,16)/t8-,10+,11-/m1/s1. The summed E-state index contributed by atoms with van der Waals surface area (Å²) in [6, 6.07) is -0.338. The van der Waals surface area contributed by atoms with Crippen molar-refractivity contribution in [1.82, 2.24) is 14.3 Å². The van der Waals surface area contributed by atoms with Crippen LogP contribution in [0.1, 0.15) is 33.1 Å². The van der Waals surface area contributed by atoms with Gasteiger partial charge in [-0.25, -0.2) is 4.72 Å². The molecular formula is C12H23N3O4S. The van der Waals surface area contributed by atoms with E-state index in [4.69, 9.17) is 0 Å². The fraction of sp³-hybridized carbons (Fsp3) is 0.833. The van der Waals surface area contributed by atoms with E-state index < -0.39 is 16.1 Å². The van der Waals surface area contributed by atoms with Gasteiger partial charge in [-0.05, 0) is 25.2 Å². The van der Waals surface area contributed by atoms with Gasteiger partial charge in [-0.2, -0.15) is 13.1 Å². The highest BCUT2D eigenvalue weighted by atomic mass is 32.2. The predicted octanol–water partition coefficient (Wildman–Crippen LogP) is -0.150. The Hall–Kier alpha value is -1.15. The van der Waals surface area contributed by atoms with Crippen molar-refractivity contribution in [2.45, 2.75) is 39.2 Å². The third-order valence-electron chi connectivity index (χ3n) is 3.57. The molecule has 1 saturated carbocycles. The van der Waals surface area contributed by atoms with E-state index in [-0.39, 0.29) is 23.8 Å². The maximum Gasteiger partial charge on any atom is 0.301 e. The molecule has 0 bridgehead atoms. The zero-order valence-corrected chi connectivity index (χ0v) is 13.2. The van der Waals surface area contributed by atoms with E-state index in [1.54, 1.807) is 14.1 Å². The Morgan fingerprint density at radius 3 is 2.30 bits per heavy atom. The molecule has 7 nitrogen and oxygen atoms in total. The van der Waals surface area contributed by atoms with Crippen LogP contribution in [0.15, 0.2) is 0 Å². The van der Waals surface area contributed by atoms with Crippen LogP contribution in [0, 0.1) is 11.8 Å². The SMILES string of the molecule is CC(=O)NS(=O)(=O)N[C@@H]1C[C@@H](C(=O)N(C)C)CC[C@H]1C. The summed E-state index contributed by atoms with van der Waals surface area (Å²) >= 11 is 0. The molecule has 0 radical (unpaired) electrons. The van der Waals surface area contributed by atoms with Crippen LogP contribution in [0.25, 0.3) is 0 Å². The second-order valence-corrected chi connectivity index (χ2v) is 7.05. The van der Waals surface area contributed by atoms with Crippen molar-refractivity contribution in [2.24, 2.45) is 11.8 Å².